The van der Waals surface area contributed by atoms with Crippen LogP contribution < -0.4 is 5.32 Å². The number of nitriles is 1. The number of hydrogen-bond acceptors (Lipinski definition) is 6. The van der Waals surface area contributed by atoms with Crippen molar-refractivity contribution in [1.29, 1.82) is 5.26 Å². The molecular formula is C16H21N7. The number of aryl methyl sites for hydroxylation is 2. The van der Waals surface area contributed by atoms with Crippen LogP contribution in [0.15, 0.2) is 0 Å². The third kappa shape index (κ3) is 2.77. The number of rotatable bonds is 3. The number of fused-ring (bicyclic) bond motifs is 1. The predicted octanol–water partition coefficient (Wildman–Crippen LogP) is 2.11. The average Bonchev–Trinajstić information content (AvgIpc) is 2.94. The summed E-state index contributed by atoms with van der Waals surface area (Å²) in [6, 6.07) is 2.44. The van der Waals surface area contributed by atoms with Gasteiger partial charge in [-0.1, -0.05) is 13.8 Å². The summed E-state index contributed by atoms with van der Waals surface area (Å²) in [4.78, 5) is 0. The van der Waals surface area contributed by atoms with Crippen molar-refractivity contribution in [3.8, 4) is 6.07 Å². The first-order valence-corrected chi connectivity index (χ1v) is 7.93. The van der Waals surface area contributed by atoms with Gasteiger partial charge in [-0.3, -0.25) is 0 Å². The highest BCUT2D eigenvalue weighted by Crippen LogP contribution is 2.24. The van der Waals surface area contributed by atoms with Gasteiger partial charge in [-0.2, -0.15) is 10.4 Å². The lowest BCUT2D eigenvalue weighted by molar-refractivity contribution is 0.458. The zero-order valence-electron chi connectivity index (χ0n) is 14.0. The minimum atomic E-state index is 0.194. The smallest absolute Gasteiger partial charge is 0.167 e. The van der Waals surface area contributed by atoms with Crippen LogP contribution in [0, 0.1) is 25.2 Å². The molecule has 2 aromatic heterocycles. The molecule has 0 aliphatic carbocycles. The van der Waals surface area contributed by atoms with E-state index in [4.69, 9.17) is 0 Å². The maximum atomic E-state index is 9.41. The van der Waals surface area contributed by atoms with Gasteiger partial charge >= 0.3 is 0 Å². The summed E-state index contributed by atoms with van der Waals surface area (Å²) >= 11 is 0. The highest BCUT2D eigenvalue weighted by atomic mass is 15.3. The zero-order chi connectivity index (χ0) is 16.6. The molecule has 0 spiro atoms. The minimum Gasteiger partial charge on any atom is -0.363 e. The Hall–Kier alpha value is -2.49. The summed E-state index contributed by atoms with van der Waals surface area (Å²) in [7, 11) is 0. The van der Waals surface area contributed by atoms with Gasteiger partial charge < -0.3 is 9.88 Å². The van der Waals surface area contributed by atoms with Crippen molar-refractivity contribution in [3.05, 3.63) is 28.5 Å². The molecule has 7 nitrogen and oxygen atoms in total. The standard InChI is InChI=1S/C16H21N7/c1-9(2)16-22-20-14-6-5-12(8-23(14)16)18-15-13(7-17)10(3)11(4)19-21-15/h9,12H,5-6,8H2,1-4H3,(H,18,21). The largest absolute Gasteiger partial charge is 0.363 e. The summed E-state index contributed by atoms with van der Waals surface area (Å²) in [6.45, 7) is 8.80. The normalized spacial score (nSPS) is 17.0. The fourth-order valence-electron chi connectivity index (χ4n) is 2.93. The van der Waals surface area contributed by atoms with Crippen LogP contribution in [0.1, 0.15) is 54.7 Å². The van der Waals surface area contributed by atoms with E-state index < -0.39 is 0 Å². The lowest BCUT2D eigenvalue weighted by atomic mass is 10.0. The first kappa shape index (κ1) is 15.4. The molecular weight excluding hydrogens is 290 g/mol. The molecule has 0 amide bonds. The van der Waals surface area contributed by atoms with Crippen molar-refractivity contribution in [2.45, 2.75) is 59.0 Å². The summed E-state index contributed by atoms with van der Waals surface area (Å²) in [6.07, 6.45) is 1.81. The van der Waals surface area contributed by atoms with Gasteiger partial charge in [-0.25, -0.2) is 0 Å². The van der Waals surface area contributed by atoms with Gasteiger partial charge in [0.25, 0.3) is 0 Å². The van der Waals surface area contributed by atoms with E-state index in [1.807, 2.05) is 13.8 Å². The number of nitrogens with one attached hydrogen (secondary N) is 1. The molecule has 0 fully saturated rings. The molecule has 23 heavy (non-hydrogen) atoms. The van der Waals surface area contributed by atoms with E-state index in [0.717, 1.165) is 42.3 Å². The Balaban J connectivity index is 1.85. The van der Waals surface area contributed by atoms with Gasteiger partial charge in [0.2, 0.25) is 0 Å². The van der Waals surface area contributed by atoms with Crippen molar-refractivity contribution >= 4 is 5.82 Å². The van der Waals surface area contributed by atoms with Crippen LogP contribution in [0.25, 0.3) is 0 Å². The maximum absolute atomic E-state index is 9.41. The third-order valence-corrected chi connectivity index (χ3v) is 4.40. The van der Waals surface area contributed by atoms with Gasteiger partial charge in [0.05, 0.1) is 5.69 Å². The van der Waals surface area contributed by atoms with Crippen molar-refractivity contribution in [1.82, 2.24) is 25.0 Å². The summed E-state index contributed by atoms with van der Waals surface area (Å²) in [5.41, 5.74) is 2.25. The Bertz CT molecular complexity index is 769. The number of aromatic nitrogens is 5. The van der Waals surface area contributed by atoms with Gasteiger partial charge in [-0.15, -0.1) is 15.3 Å². The SMILES string of the molecule is Cc1nnc(NC2CCc3nnc(C(C)C)n3C2)c(C#N)c1C. The molecule has 1 aliphatic rings. The van der Waals surface area contributed by atoms with E-state index in [1.165, 1.54) is 0 Å². The minimum absolute atomic E-state index is 0.194. The van der Waals surface area contributed by atoms with Crippen molar-refractivity contribution in [2.24, 2.45) is 0 Å². The van der Waals surface area contributed by atoms with Crippen LogP contribution in [-0.2, 0) is 13.0 Å². The van der Waals surface area contributed by atoms with Gasteiger partial charge in [0, 0.05) is 24.9 Å². The summed E-state index contributed by atoms with van der Waals surface area (Å²) < 4.78 is 2.19. The highest BCUT2D eigenvalue weighted by Gasteiger charge is 2.25. The first-order chi connectivity index (χ1) is 11.0. The second-order valence-corrected chi connectivity index (χ2v) is 6.37. The molecule has 0 saturated heterocycles. The number of nitrogens with zero attached hydrogens (tertiary/aromatic N) is 6. The summed E-state index contributed by atoms with van der Waals surface area (Å²) in [5, 5.41) is 29.7. The van der Waals surface area contributed by atoms with E-state index in [9.17, 15) is 5.26 Å². The molecule has 2 aromatic rings. The molecule has 0 saturated carbocycles. The fraction of sp³-hybridized carbons (Fsp3) is 0.562. The molecule has 1 aliphatic heterocycles. The molecule has 0 bridgehead atoms. The van der Waals surface area contributed by atoms with E-state index in [0.29, 0.717) is 17.3 Å². The fourth-order valence-corrected chi connectivity index (χ4v) is 2.93. The lowest BCUT2D eigenvalue weighted by Crippen LogP contribution is -2.33. The average molecular weight is 311 g/mol. The molecule has 3 rings (SSSR count). The van der Waals surface area contributed by atoms with Gasteiger partial charge in [0.1, 0.15) is 23.3 Å². The zero-order valence-corrected chi connectivity index (χ0v) is 14.0. The Kier molecular flexibility index (Phi) is 3.99. The Morgan fingerprint density at radius 2 is 2.00 bits per heavy atom. The van der Waals surface area contributed by atoms with Crippen LogP contribution in [0.3, 0.4) is 0 Å². The molecule has 0 aromatic carbocycles. The second-order valence-electron chi connectivity index (χ2n) is 6.37. The van der Waals surface area contributed by atoms with Crippen molar-refractivity contribution < 1.29 is 0 Å². The third-order valence-electron chi connectivity index (χ3n) is 4.40. The molecule has 3 heterocycles. The topological polar surface area (TPSA) is 92.3 Å². The van der Waals surface area contributed by atoms with Crippen molar-refractivity contribution in [3.63, 3.8) is 0 Å². The number of hydrogen-bond donors (Lipinski definition) is 1. The molecule has 1 N–H and O–H groups in total. The molecule has 0 radical (unpaired) electrons. The van der Waals surface area contributed by atoms with Crippen molar-refractivity contribution in [2.75, 3.05) is 5.32 Å². The van der Waals surface area contributed by atoms with E-state index >= 15 is 0 Å². The van der Waals surface area contributed by atoms with Gasteiger partial charge in [-0.05, 0) is 25.8 Å². The van der Waals surface area contributed by atoms with E-state index in [1.54, 1.807) is 0 Å². The molecule has 1 atom stereocenters. The molecule has 120 valence electrons. The van der Waals surface area contributed by atoms with Crippen LogP contribution in [-0.4, -0.2) is 31.0 Å². The first-order valence-electron chi connectivity index (χ1n) is 7.93. The number of anilines is 1. The second kappa shape index (κ2) is 5.95. The monoisotopic (exact) mass is 311 g/mol. The van der Waals surface area contributed by atoms with Gasteiger partial charge in [0.15, 0.2) is 5.82 Å². The highest BCUT2D eigenvalue weighted by molar-refractivity contribution is 5.56. The molecule has 7 heteroatoms. The van der Waals surface area contributed by atoms with E-state index in [-0.39, 0.29) is 6.04 Å². The predicted molar refractivity (Wildman–Crippen MR) is 86.1 cm³/mol. The summed E-state index contributed by atoms with van der Waals surface area (Å²) in [5.74, 6) is 2.96. The van der Waals surface area contributed by atoms with E-state index in [2.05, 4.69) is 50.2 Å². The maximum Gasteiger partial charge on any atom is 0.167 e. The van der Waals surface area contributed by atoms with Crippen LogP contribution >= 0.6 is 0 Å². The molecule has 1 unspecified atom stereocenters. The quantitative estimate of drug-likeness (QED) is 0.933. The Morgan fingerprint density at radius 3 is 2.70 bits per heavy atom. The lowest BCUT2D eigenvalue weighted by Gasteiger charge is -2.26. The Morgan fingerprint density at radius 1 is 1.22 bits per heavy atom. The van der Waals surface area contributed by atoms with Crippen LogP contribution in [0.5, 0.6) is 0 Å². The Labute approximate surface area is 135 Å². The van der Waals surface area contributed by atoms with Crippen LogP contribution in [0.4, 0.5) is 5.82 Å². The van der Waals surface area contributed by atoms with Crippen LogP contribution in [0.2, 0.25) is 0 Å².